The zero-order valence-corrected chi connectivity index (χ0v) is 7.91. The second-order valence-corrected chi connectivity index (χ2v) is 2.73. The highest BCUT2D eigenvalue weighted by Gasteiger charge is 2.33. The summed E-state index contributed by atoms with van der Waals surface area (Å²) in [5.41, 5.74) is -1.02. The largest absolute Gasteiger partial charge is 0.465 e. The van der Waals surface area contributed by atoms with Crippen LogP contribution in [0.25, 0.3) is 0 Å². The van der Waals surface area contributed by atoms with E-state index in [1.165, 1.54) is 0 Å². The first-order valence-corrected chi connectivity index (χ1v) is 4.18. The van der Waals surface area contributed by atoms with Crippen LogP contribution in [-0.2, 0) is 22.3 Å². The highest BCUT2D eigenvalue weighted by Crippen LogP contribution is 2.27. The Kier molecular flexibility index (Phi) is 3.33. The number of nitrogens with zero attached hydrogens (tertiary/aromatic N) is 2. The molecule has 0 saturated heterocycles. The second-order valence-electron chi connectivity index (χ2n) is 2.73. The molecular formula is C8H9F3N2O2. The molecule has 0 aliphatic rings. The Morgan fingerprint density at radius 3 is 2.73 bits per heavy atom. The molecule has 1 aromatic heterocycles. The fraction of sp³-hybridized carbons (Fsp3) is 0.500. The molecule has 0 radical (unpaired) electrons. The van der Waals surface area contributed by atoms with Crippen LogP contribution in [0.1, 0.15) is 12.6 Å². The third-order valence-electron chi connectivity index (χ3n) is 1.54. The average molecular weight is 222 g/mol. The van der Waals surface area contributed by atoms with Gasteiger partial charge in [-0.1, -0.05) is 0 Å². The van der Waals surface area contributed by atoms with Crippen LogP contribution < -0.4 is 0 Å². The Hall–Kier alpha value is -1.53. The van der Waals surface area contributed by atoms with Crippen molar-refractivity contribution in [2.45, 2.75) is 19.6 Å². The molecule has 15 heavy (non-hydrogen) atoms. The number of rotatable bonds is 3. The zero-order valence-electron chi connectivity index (χ0n) is 7.91. The maximum atomic E-state index is 12.1. The summed E-state index contributed by atoms with van der Waals surface area (Å²) in [4.78, 5) is 14.1. The topological polar surface area (TPSA) is 44.1 Å². The molecule has 0 atom stereocenters. The molecule has 1 heterocycles. The van der Waals surface area contributed by atoms with Crippen molar-refractivity contribution in [2.75, 3.05) is 6.61 Å². The lowest BCUT2D eigenvalue weighted by Gasteiger charge is -2.02. The number of ether oxygens (including phenoxy) is 1. The summed E-state index contributed by atoms with van der Waals surface area (Å²) >= 11 is 0. The number of halogens is 3. The standard InChI is InChI=1S/C8H9F3N2O2/c1-2-15-7(14)4-13-3-6(12-5-13)8(9,10)11/h3,5H,2,4H2,1H3. The van der Waals surface area contributed by atoms with E-state index >= 15 is 0 Å². The first-order valence-electron chi connectivity index (χ1n) is 4.18. The third-order valence-corrected chi connectivity index (χ3v) is 1.54. The van der Waals surface area contributed by atoms with Gasteiger partial charge in [0, 0.05) is 6.20 Å². The molecule has 0 aliphatic carbocycles. The van der Waals surface area contributed by atoms with Crippen LogP contribution in [0, 0.1) is 0 Å². The van der Waals surface area contributed by atoms with Gasteiger partial charge in [-0.2, -0.15) is 13.2 Å². The normalized spacial score (nSPS) is 11.5. The van der Waals surface area contributed by atoms with Gasteiger partial charge in [0.05, 0.1) is 12.9 Å². The van der Waals surface area contributed by atoms with Crippen LogP contribution in [0.15, 0.2) is 12.5 Å². The van der Waals surface area contributed by atoms with Crippen molar-refractivity contribution in [3.63, 3.8) is 0 Å². The molecule has 7 heteroatoms. The Morgan fingerprint density at radius 2 is 2.27 bits per heavy atom. The summed E-state index contributed by atoms with van der Waals surface area (Å²) in [7, 11) is 0. The van der Waals surface area contributed by atoms with Crippen LogP contribution in [0.2, 0.25) is 0 Å². The Labute approximate surface area is 83.7 Å². The minimum atomic E-state index is -4.49. The predicted octanol–water partition coefficient (Wildman–Crippen LogP) is 1.47. The third kappa shape index (κ3) is 3.26. The molecule has 0 unspecified atom stereocenters. The Balaban J connectivity index is 2.65. The minimum Gasteiger partial charge on any atom is -0.465 e. The Bertz CT molecular complexity index is 346. The van der Waals surface area contributed by atoms with Gasteiger partial charge in [0.1, 0.15) is 6.54 Å². The molecule has 84 valence electrons. The van der Waals surface area contributed by atoms with Gasteiger partial charge in [-0.25, -0.2) is 4.98 Å². The van der Waals surface area contributed by atoms with Crippen molar-refractivity contribution in [1.82, 2.24) is 9.55 Å². The molecule has 4 nitrogen and oxygen atoms in total. The number of carbonyl (C=O) groups excluding carboxylic acids is 1. The fourth-order valence-corrected chi connectivity index (χ4v) is 0.949. The number of hydrogen-bond acceptors (Lipinski definition) is 3. The van der Waals surface area contributed by atoms with Gasteiger partial charge < -0.3 is 9.30 Å². The van der Waals surface area contributed by atoms with E-state index in [1.807, 2.05) is 0 Å². The maximum absolute atomic E-state index is 12.1. The molecule has 1 aromatic rings. The lowest BCUT2D eigenvalue weighted by Crippen LogP contribution is -2.12. The van der Waals surface area contributed by atoms with Gasteiger partial charge in [0.15, 0.2) is 5.69 Å². The zero-order chi connectivity index (χ0) is 11.5. The van der Waals surface area contributed by atoms with Crippen molar-refractivity contribution in [3.8, 4) is 0 Å². The molecule has 0 bridgehead atoms. The summed E-state index contributed by atoms with van der Waals surface area (Å²) in [5, 5.41) is 0. The van der Waals surface area contributed by atoms with Gasteiger partial charge in [0.2, 0.25) is 0 Å². The van der Waals surface area contributed by atoms with Crippen molar-refractivity contribution in [1.29, 1.82) is 0 Å². The molecular weight excluding hydrogens is 213 g/mol. The quantitative estimate of drug-likeness (QED) is 0.727. The van der Waals surface area contributed by atoms with E-state index in [1.54, 1.807) is 6.92 Å². The van der Waals surface area contributed by atoms with E-state index in [0.29, 0.717) is 0 Å². The molecule has 0 fully saturated rings. The summed E-state index contributed by atoms with van der Waals surface area (Å²) in [5.74, 6) is -0.594. The molecule has 0 amide bonds. The van der Waals surface area contributed by atoms with Crippen LogP contribution >= 0.6 is 0 Å². The van der Waals surface area contributed by atoms with Crippen LogP contribution in [0.3, 0.4) is 0 Å². The highest BCUT2D eigenvalue weighted by atomic mass is 19.4. The number of esters is 1. The van der Waals surface area contributed by atoms with Gasteiger partial charge in [-0.15, -0.1) is 0 Å². The molecule has 0 saturated carbocycles. The van der Waals surface area contributed by atoms with E-state index in [2.05, 4.69) is 9.72 Å². The van der Waals surface area contributed by atoms with Gasteiger partial charge >= 0.3 is 12.1 Å². The molecule has 0 N–H and O–H groups in total. The number of imidazole rings is 1. The smallest absolute Gasteiger partial charge is 0.434 e. The van der Waals surface area contributed by atoms with Gasteiger partial charge in [-0.05, 0) is 6.92 Å². The minimum absolute atomic E-state index is 0.194. The SMILES string of the molecule is CCOC(=O)Cn1cnc(C(F)(F)F)c1. The summed E-state index contributed by atoms with van der Waals surface area (Å²) in [6, 6.07) is 0. The summed E-state index contributed by atoms with van der Waals surface area (Å²) in [6.07, 6.45) is -2.78. The lowest BCUT2D eigenvalue weighted by atomic mass is 10.5. The number of hydrogen-bond donors (Lipinski definition) is 0. The fourth-order valence-electron chi connectivity index (χ4n) is 0.949. The van der Waals surface area contributed by atoms with Gasteiger partial charge in [0.25, 0.3) is 0 Å². The molecule has 1 rings (SSSR count). The molecule has 0 spiro atoms. The van der Waals surface area contributed by atoms with Crippen molar-refractivity contribution >= 4 is 5.97 Å². The van der Waals surface area contributed by atoms with Crippen molar-refractivity contribution in [2.24, 2.45) is 0 Å². The summed E-state index contributed by atoms with van der Waals surface area (Å²) in [6.45, 7) is 1.55. The van der Waals surface area contributed by atoms with E-state index in [9.17, 15) is 18.0 Å². The number of carbonyl (C=O) groups is 1. The van der Waals surface area contributed by atoms with Gasteiger partial charge in [-0.3, -0.25) is 4.79 Å². The summed E-state index contributed by atoms with van der Waals surface area (Å²) < 4.78 is 41.9. The first-order chi connectivity index (χ1) is 6.93. The monoisotopic (exact) mass is 222 g/mol. The van der Waals surface area contributed by atoms with E-state index < -0.39 is 17.8 Å². The van der Waals surface area contributed by atoms with E-state index in [-0.39, 0.29) is 13.2 Å². The maximum Gasteiger partial charge on any atom is 0.434 e. The number of alkyl halides is 3. The molecule has 0 aliphatic heterocycles. The number of aromatic nitrogens is 2. The predicted molar refractivity (Wildman–Crippen MR) is 43.9 cm³/mol. The first kappa shape index (κ1) is 11.5. The van der Waals surface area contributed by atoms with Crippen LogP contribution in [-0.4, -0.2) is 22.1 Å². The van der Waals surface area contributed by atoms with Crippen molar-refractivity contribution < 1.29 is 22.7 Å². The van der Waals surface area contributed by atoms with Crippen LogP contribution in [0.4, 0.5) is 13.2 Å². The lowest BCUT2D eigenvalue weighted by molar-refractivity contribution is -0.144. The van der Waals surface area contributed by atoms with Crippen molar-refractivity contribution in [3.05, 3.63) is 18.2 Å². The molecule has 0 aromatic carbocycles. The Morgan fingerprint density at radius 1 is 1.60 bits per heavy atom. The average Bonchev–Trinajstić information content (AvgIpc) is 2.52. The van der Waals surface area contributed by atoms with E-state index in [0.717, 1.165) is 17.1 Å². The van der Waals surface area contributed by atoms with Crippen LogP contribution in [0.5, 0.6) is 0 Å². The van der Waals surface area contributed by atoms with E-state index in [4.69, 9.17) is 0 Å². The highest BCUT2D eigenvalue weighted by molar-refractivity contribution is 5.69. The second kappa shape index (κ2) is 4.33.